The van der Waals surface area contributed by atoms with Gasteiger partial charge in [0.25, 0.3) is 5.69 Å². The highest BCUT2D eigenvalue weighted by Gasteiger charge is 2.24. The van der Waals surface area contributed by atoms with Crippen molar-refractivity contribution in [2.45, 2.75) is 26.7 Å². The Bertz CT molecular complexity index is 1010. The van der Waals surface area contributed by atoms with Crippen molar-refractivity contribution in [2.75, 3.05) is 13.7 Å². The van der Waals surface area contributed by atoms with Gasteiger partial charge in [-0.25, -0.2) is 0 Å². The molecule has 0 saturated heterocycles. The third-order valence-electron chi connectivity index (χ3n) is 4.89. The molecular formula is C24H25NO4. The quantitative estimate of drug-likeness (QED) is 0.252. The monoisotopic (exact) mass is 391 g/mol. The van der Waals surface area contributed by atoms with Gasteiger partial charge in [-0.3, -0.25) is 10.1 Å². The zero-order valence-corrected chi connectivity index (χ0v) is 17.0. The molecular weight excluding hydrogens is 366 g/mol. The number of methoxy groups -OCH3 is 1. The minimum atomic E-state index is -0.308. The second-order valence-corrected chi connectivity index (χ2v) is 6.84. The maximum atomic E-state index is 12.1. The minimum Gasteiger partial charge on any atom is -0.497 e. The van der Waals surface area contributed by atoms with Crippen LogP contribution in [0.2, 0.25) is 0 Å². The molecule has 0 bridgehead atoms. The lowest BCUT2D eigenvalue weighted by atomic mass is 9.93. The van der Waals surface area contributed by atoms with E-state index >= 15 is 0 Å². The van der Waals surface area contributed by atoms with E-state index in [2.05, 4.69) is 6.92 Å². The summed E-state index contributed by atoms with van der Waals surface area (Å²) in [6.07, 6.45) is 1.91. The fraction of sp³-hybridized carbons (Fsp3) is 0.250. The van der Waals surface area contributed by atoms with Gasteiger partial charge in [-0.15, -0.1) is 0 Å². The van der Waals surface area contributed by atoms with Gasteiger partial charge in [-0.1, -0.05) is 43.7 Å². The van der Waals surface area contributed by atoms with E-state index in [9.17, 15) is 10.1 Å². The van der Waals surface area contributed by atoms with Gasteiger partial charge in [0.15, 0.2) is 0 Å². The van der Waals surface area contributed by atoms with Crippen LogP contribution >= 0.6 is 0 Å². The Balaban J connectivity index is 2.20. The minimum absolute atomic E-state index is 0.0762. The van der Waals surface area contributed by atoms with E-state index in [0.29, 0.717) is 34.8 Å². The van der Waals surface area contributed by atoms with Crippen molar-refractivity contribution in [1.82, 2.24) is 0 Å². The largest absolute Gasteiger partial charge is 0.497 e. The van der Waals surface area contributed by atoms with Crippen LogP contribution in [0.1, 0.15) is 25.3 Å². The van der Waals surface area contributed by atoms with Crippen molar-refractivity contribution in [1.29, 1.82) is 0 Å². The summed E-state index contributed by atoms with van der Waals surface area (Å²) in [4.78, 5) is 11.8. The highest BCUT2D eigenvalue weighted by Crippen LogP contribution is 2.43. The van der Waals surface area contributed by atoms with Gasteiger partial charge in [0.1, 0.15) is 11.5 Å². The van der Waals surface area contributed by atoms with Crippen LogP contribution in [0.3, 0.4) is 0 Å². The van der Waals surface area contributed by atoms with E-state index in [1.807, 2.05) is 43.3 Å². The summed E-state index contributed by atoms with van der Waals surface area (Å²) < 4.78 is 11.3. The van der Waals surface area contributed by atoms with E-state index in [-0.39, 0.29) is 10.6 Å². The molecule has 3 aromatic carbocycles. The molecule has 0 aliphatic rings. The Morgan fingerprint density at radius 3 is 2.28 bits per heavy atom. The maximum Gasteiger partial charge on any atom is 0.285 e. The van der Waals surface area contributed by atoms with E-state index in [1.54, 1.807) is 31.4 Å². The summed E-state index contributed by atoms with van der Waals surface area (Å²) in [5.74, 6) is 1.24. The average Bonchev–Trinajstić information content (AvgIpc) is 2.73. The van der Waals surface area contributed by atoms with Gasteiger partial charge >= 0.3 is 0 Å². The highest BCUT2D eigenvalue weighted by atomic mass is 16.6. The first-order chi connectivity index (χ1) is 14.1. The number of benzene rings is 3. The third-order valence-corrected chi connectivity index (χ3v) is 4.89. The molecule has 0 aromatic heterocycles. The van der Waals surface area contributed by atoms with Crippen LogP contribution in [0.4, 0.5) is 5.69 Å². The Morgan fingerprint density at radius 2 is 1.62 bits per heavy atom. The van der Waals surface area contributed by atoms with Crippen LogP contribution in [0.5, 0.6) is 11.5 Å². The number of nitro benzene ring substituents is 1. The van der Waals surface area contributed by atoms with Crippen molar-refractivity contribution >= 4 is 5.69 Å². The summed E-state index contributed by atoms with van der Waals surface area (Å²) in [6, 6.07) is 18.5. The molecule has 0 N–H and O–H groups in total. The molecule has 0 aliphatic carbocycles. The van der Waals surface area contributed by atoms with Gasteiger partial charge in [0.05, 0.1) is 29.8 Å². The van der Waals surface area contributed by atoms with Gasteiger partial charge in [-0.05, 0) is 48.7 Å². The molecule has 0 heterocycles. The van der Waals surface area contributed by atoms with Crippen LogP contribution < -0.4 is 9.47 Å². The predicted molar refractivity (Wildman–Crippen MR) is 116 cm³/mol. The maximum absolute atomic E-state index is 12.1. The molecule has 29 heavy (non-hydrogen) atoms. The van der Waals surface area contributed by atoms with Gasteiger partial charge in [0.2, 0.25) is 0 Å². The van der Waals surface area contributed by atoms with E-state index in [4.69, 9.17) is 9.47 Å². The Hall–Kier alpha value is -3.34. The molecule has 0 radical (unpaired) electrons. The van der Waals surface area contributed by atoms with Crippen molar-refractivity contribution < 1.29 is 14.4 Å². The number of unbranched alkanes of at least 4 members (excludes halogenated alkanes) is 1. The normalized spacial score (nSPS) is 10.6. The van der Waals surface area contributed by atoms with Gasteiger partial charge in [-0.2, -0.15) is 0 Å². The summed E-state index contributed by atoms with van der Waals surface area (Å²) in [6.45, 7) is 4.59. The molecule has 3 aromatic rings. The molecule has 150 valence electrons. The molecule has 0 fully saturated rings. The fourth-order valence-corrected chi connectivity index (χ4v) is 3.35. The molecule has 0 spiro atoms. The SMILES string of the molecule is CCCCOc1cc(OC)ccc1-c1cccc(-c2ccccc2C)c1[N+](=O)[O-]. The Kier molecular flexibility index (Phi) is 6.50. The summed E-state index contributed by atoms with van der Waals surface area (Å²) in [7, 11) is 1.59. The summed E-state index contributed by atoms with van der Waals surface area (Å²) in [5.41, 5.74) is 3.73. The molecule has 0 aliphatic heterocycles. The Labute approximate surface area is 171 Å². The first-order valence-corrected chi connectivity index (χ1v) is 9.71. The number of nitro groups is 1. The first-order valence-electron chi connectivity index (χ1n) is 9.71. The number of hydrogen-bond acceptors (Lipinski definition) is 4. The number of nitrogens with zero attached hydrogens (tertiary/aromatic N) is 1. The van der Waals surface area contributed by atoms with Crippen molar-refractivity contribution in [3.63, 3.8) is 0 Å². The summed E-state index contributed by atoms with van der Waals surface area (Å²) >= 11 is 0. The lowest BCUT2D eigenvalue weighted by Crippen LogP contribution is -2.01. The van der Waals surface area contributed by atoms with Gasteiger partial charge in [0, 0.05) is 11.6 Å². The highest BCUT2D eigenvalue weighted by molar-refractivity contribution is 5.89. The molecule has 5 nitrogen and oxygen atoms in total. The Morgan fingerprint density at radius 1 is 0.931 bits per heavy atom. The fourth-order valence-electron chi connectivity index (χ4n) is 3.35. The molecule has 0 amide bonds. The number of ether oxygens (including phenoxy) is 2. The first kappa shape index (κ1) is 20.4. The number of hydrogen-bond donors (Lipinski definition) is 0. The van der Waals surface area contributed by atoms with Crippen LogP contribution in [-0.2, 0) is 0 Å². The average molecular weight is 391 g/mol. The van der Waals surface area contributed by atoms with E-state index in [0.717, 1.165) is 24.0 Å². The van der Waals surface area contributed by atoms with Crippen LogP contribution in [-0.4, -0.2) is 18.6 Å². The molecule has 0 atom stereocenters. The number of aryl methyl sites for hydroxylation is 1. The predicted octanol–water partition coefficient (Wildman–Crippen LogP) is 6.42. The lowest BCUT2D eigenvalue weighted by molar-refractivity contribution is -0.383. The van der Waals surface area contributed by atoms with Gasteiger partial charge < -0.3 is 9.47 Å². The second kappa shape index (κ2) is 9.24. The second-order valence-electron chi connectivity index (χ2n) is 6.84. The number of rotatable bonds is 8. The van der Waals surface area contributed by atoms with E-state index < -0.39 is 0 Å². The zero-order chi connectivity index (χ0) is 20.8. The summed E-state index contributed by atoms with van der Waals surface area (Å²) in [5, 5.41) is 12.1. The van der Waals surface area contributed by atoms with Crippen molar-refractivity contribution in [3.8, 4) is 33.8 Å². The smallest absolute Gasteiger partial charge is 0.285 e. The lowest BCUT2D eigenvalue weighted by Gasteiger charge is -2.15. The molecule has 0 saturated carbocycles. The van der Waals surface area contributed by atoms with Crippen LogP contribution in [0.15, 0.2) is 60.7 Å². The molecule has 3 rings (SSSR count). The number of para-hydroxylation sites is 1. The van der Waals surface area contributed by atoms with Crippen molar-refractivity contribution in [2.24, 2.45) is 0 Å². The standard InChI is InChI=1S/C24H25NO4/c1-4-5-15-29-23-16-18(28-3)13-14-20(23)22-12-8-11-21(24(22)25(26)27)19-10-7-6-9-17(19)2/h6-14,16H,4-5,15H2,1-3H3. The van der Waals surface area contributed by atoms with Crippen LogP contribution in [0.25, 0.3) is 22.3 Å². The van der Waals surface area contributed by atoms with Crippen molar-refractivity contribution in [3.05, 3.63) is 76.3 Å². The van der Waals surface area contributed by atoms with E-state index in [1.165, 1.54) is 0 Å². The topological polar surface area (TPSA) is 61.6 Å². The molecule has 5 heteroatoms. The van der Waals surface area contributed by atoms with Crippen LogP contribution in [0, 0.1) is 17.0 Å². The zero-order valence-electron chi connectivity index (χ0n) is 17.0. The third kappa shape index (κ3) is 4.40. The molecule has 0 unspecified atom stereocenters.